The number of fused-ring (bicyclic) bond motifs is 1. The van der Waals surface area contributed by atoms with Crippen molar-refractivity contribution in [2.24, 2.45) is 5.92 Å². The van der Waals surface area contributed by atoms with Gasteiger partial charge < -0.3 is 10.6 Å². The summed E-state index contributed by atoms with van der Waals surface area (Å²) in [5.41, 5.74) is 2.39. The highest BCUT2D eigenvalue weighted by Crippen LogP contribution is 2.18. The van der Waals surface area contributed by atoms with Crippen molar-refractivity contribution in [2.75, 3.05) is 31.5 Å². The summed E-state index contributed by atoms with van der Waals surface area (Å²) in [6, 6.07) is 2.22. The molecule has 1 saturated heterocycles. The van der Waals surface area contributed by atoms with Gasteiger partial charge in [0.25, 0.3) is 0 Å². The fourth-order valence-corrected chi connectivity index (χ4v) is 3.64. The van der Waals surface area contributed by atoms with Gasteiger partial charge in [0.15, 0.2) is 0 Å². The van der Waals surface area contributed by atoms with Crippen LogP contribution in [0.2, 0.25) is 0 Å². The van der Waals surface area contributed by atoms with E-state index >= 15 is 0 Å². The topological polar surface area (TPSA) is 70.9 Å². The number of rotatable bonds is 5. The second-order valence-corrected chi connectivity index (χ2v) is 6.74. The summed E-state index contributed by atoms with van der Waals surface area (Å²) in [4.78, 5) is 10.9. The van der Waals surface area contributed by atoms with E-state index in [1.807, 2.05) is 0 Å². The van der Waals surface area contributed by atoms with E-state index in [1.54, 1.807) is 18.6 Å². The molecular weight excluding hydrogens is 302 g/mol. The molecule has 0 aromatic carbocycles. The number of nitrogens with zero attached hydrogens (tertiary/aromatic N) is 5. The Kier molecular flexibility index (Phi) is 4.71. The maximum Gasteiger partial charge on any atom is 0.144 e. The molecule has 0 bridgehead atoms. The highest BCUT2D eigenvalue weighted by molar-refractivity contribution is 5.31. The lowest BCUT2D eigenvalue weighted by Gasteiger charge is -2.32. The average Bonchev–Trinajstić information content (AvgIpc) is 3.04. The molecule has 4 heterocycles. The summed E-state index contributed by atoms with van der Waals surface area (Å²) in [6.07, 6.45) is 7.77. The minimum absolute atomic E-state index is 0.686. The predicted octanol–water partition coefficient (Wildman–Crippen LogP) is 1.10. The molecule has 0 unspecified atom stereocenters. The van der Waals surface area contributed by atoms with E-state index in [2.05, 4.69) is 36.2 Å². The summed E-state index contributed by atoms with van der Waals surface area (Å²) in [5, 5.41) is 11.5. The standard InChI is InChI=1S/C17H25N7/c1-2-14(9-18-3-1)12-23-6-7-24-16(13-23)8-15(22-24)10-21-17-11-19-4-5-20-17/h4-5,8,11,14,18H,1-3,6-7,9-10,12-13H2,(H,20,21)/t14-/m0/s1. The van der Waals surface area contributed by atoms with Crippen molar-refractivity contribution in [3.05, 3.63) is 36.0 Å². The molecular formula is C17H25N7. The van der Waals surface area contributed by atoms with Crippen molar-refractivity contribution in [3.63, 3.8) is 0 Å². The van der Waals surface area contributed by atoms with Crippen LogP contribution in [0.3, 0.4) is 0 Å². The Morgan fingerprint density at radius 2 is 2.29 bits per heavy atom. The predicted molar refractivity (Wildman–Crippen MR) is 92.5 cm³/mol. The van der Waals surface area contributed by atoms with E-state index in [1.165, 1.54) is 38.2 Å². The third-order valence-electron chi connectivity index (χ3n) is 4.86. The van der Waals surface area contributed by atoms with Crippen molar-refractivity contribution >= 4 is 5.82 Å². The van der Waals surface area contributed by atoms with Crippen molar-refractivity contribution in [2.45, 2.75) is 32.5 Å². The van der Waals surface area contributed by atoms with Crippen molar-refractivity contribution in [3.8, 4) is 0 Å². The van der Waals surface area contributed by atoms with Crippen LogP contribution < -0.4 is 10.6 Å². The van der Waals surface area contributed by atoms with Gasteiger partial charge >= 0.3 is 0 Å². The number of hydrogen-bond donors (Lipinski definition) is 2. The third kappa shape index (κ3) is 3.73. The summed E-state index contributed by atoms with van der Waals surface area (Å²) in [6.45, 7) is 7.34. The van der Waals surface area contributed by atoms with Crippen LogP contribution in [0.4, 0.5) is 5.82 Å². The van der Waals surface area contributed by atoms with Crippen LogP contribution >= 0.6 is 0 Å². The highest BCUT2D eigenvalue weighted by Gasteiger charge is 2.22. The molecule has 2 aliphatic rings. The molecule has 0 saturated carbocycles. The Labute approximate surface area is 142 Å². The highest BCUT2D eigenvalue weighted by atomic mass is 15.3. The Morgan fingerprint density at radius 1 is 1.29 bits per heavy atom. The molecule has 7 nitrogen and oxygen atoms in total. The molecule has 0 aliphatic carbocycles. The molecule has 4 rings (SSSR count). The van der Waals surface area contributed by atoms with Gasteiger partial charge in [0, 0.05) is 32.0 Å². The molecule has 2 aliphatic heterocycles. The zero-order valence-corrected chi connectivity index (χ0v) is 14.0. The van der Waals surface area contributed by atoms with E-state index in [0.717, 1.165) is 37.1 Å². The third-order valence-corrected chi connectivity index (χ3v) is 4.86. The molecule has 2 aromatic heterocycles. The van der Waals surface area contributed by atoms with Crippen LogP contribution in [0, 0.1) is 5.92 Å². The number of anilines is 1. The van der Waals surface area contributed by atoms with Crippen molar-refractivity contribution in [1.82, 2.24) is 30.0 Å². The van der Waals surface area contributed by atoms with Crippen LogP contribution in [0.5, 0.6) is 0 Å². The SMILES string of the molecule is c1cnc(NCc2cc3n(n2)CCN(C[C@H]2CCCNC2)C3)cn1. The summed E-state index contributed by atoms with van der Waals surface area (Å²) >= 11 is 0. The lowest BCUT2D eigenvalue weighted by atomic mass is 9.99. The molecule has 1 atom stereocenters. The smallest absolute Gasteiger partial charge is 0.144 e. The number of hydrogen-bond acceptors (Lipinski definition) is 6. The lowest BCUT2D eigenvalue weighted by molar-refractivity contribution is 0.168. The van der Waals surface area contributed by atoms with E-state index in [9.17, 15) is 0 Å². The fraction of sp³-hybridized carbons (Fsp3) is 0.588. The van der Waals surface area contributed by atoms with Gasteiger partial charge in [0.05, 0.1) is 30.7 Å². The van der Waals surface area contributed by atoms with Crippen LogP contribution in [-0.4, -0.2) is 50.8 Å². The molecule has 2 aromatic rings. The maximum absolute atomic E-state index is 4.71. The zero-order valence-electron chi connectivity index (χ0n) is 14.0. The molecule has 0 spiro atoms. The quantitative estimate of drug-likeness (QED) is 0.857. The molecule has 128 valence electrons. The largest absolute Gasteiger partial charge is 0.363 e. The first-order valence-corrected chi connectivity index (χ1v) is 8.85. The van der Waals surface area contributed by atoms with E-state index in [0.29, 0.717) is 6.54 Å². The average molecular weight is 327 g/mol. The van der Waals surface area contributed by atoms with Crippen molar-refractivity contribution in [1.29, 1.82) is 0 Å². The van der Waals surface area contributed by atoms with E-state index < -0.39 is 0 Å². The van der Waals surface area contributed by atoms with E-state index in [-0.39, 0.29) is 0 Å². The van der Waals surface area contributed by atoms with Gasteiger partial charge in [-0.2, -0.15) is 5.10 Å². The first kappa shape index (κ1) is 15.5. The van der Waals surface area contributed by atoms with Gasteiger partial charge in [-0.25, -0.2) is 4.98 Å². The van der Waals surface area contributed by atoms with Crippen LogP contribution in [0.25, 0.3) is 0 Å². The monoisotopic (exact) mass is 327 g/mol. The minimum atomic E-state index is 0.686. The van der Waals surface area contributed by atoms with Gasteiger partial charge in [-0.15, -0.1) is 0 Å². The molecule has 7 heteroatoms. The maximum atomic E-state index is 4.71. The second kappa shape index (κ2) is 7.27. The van der Waals surface area contributed by atoms with E-state index in [4.69, 9.17) is 5.10 Å². The van der Waals surface area contributed by atoms with Gasteiger partial charge in [-0.05, 0) is 37.9 Å². The Morgan fingerprint density at radius 3 is 3.12 bits per heavy atom. The Balaban J connectivity index is 1.33. The fourth-order valence-electron chi connectivity index (χ4n) is 3.64. The molecule has 24 heavy (non-hydrogen) atoms. The number of nitrogens with one attached hydrogen (secondary N) is 2. The summed E-state index contributed by atoms with van der Waals surface area (Å²) in [5.74, 6) is 1.58. The Bertz CT molecular complexity index is 648. The molecule has 1 fully saturated rings. The number of piperidine rings is 1. The first-order chi connectivity index (χ1) is 11.9. The first-order valence-electron chi connectivity index (χ1n) is 8.85. The van der Waals surface area contributed by atoms with Crippen molar-refractivity contribution < 1.29 is 0 Å². The van der Waals surface area contributed by atoms with Gasteiger partial charge in [0.2, 0.25) is 0 Å². The normalized spacial score (nSPS) is 21.4. The molecule has 0 radical (unpaired) electrons. The zero-order chi connectivity index (χ0) is 16.2. The number of aromatic nitrogens is 4. The minimum Gasteiger partial charge on any atom is -0.363 e. The second-order valence-electron chi connectivity index (χ2n) is 6.74. The van der Waals surface area contributed by atoms with Gasteiger partial charge in [0.1, 0.15) is 5.82 Å². The van der Waals surface area contributed by atoms with Gasteiger partial charge in [-0.1, -0.05) is 0 Å². The molecule has 0 amide bonds. The molecule has 2 N–H and O–H groups in total. The summed E-state index contributed by atoms with van der Waals surface area (Å²) < 4.78 is 2.16. The van der Waals surface area contributed by atoms with Crippen LogP contribution in [-0.2, 0) is 19.6 Å². The lowest BCUT2D eigenvalue weighted by Crippen LogP contribution is -2.41. The Hall–Kier alpha value is -1.99. The van der Waals surface area contributed by atoms with Crippen LogP contribution in [0.15, 0.2) is 24.7 Å². The van der Waals surface area contributed by atoms with Crippen LogP contribution in [0.1, 0.15) is 24.2 Å². The van der Waals surface area contributed by atoms with Gasteiger partial charge in [-0.3, -0.25) is 14.6 Å². The summed E-state index contributed by atoms with van der Waals surface area (Å²) in [7, 11) is 0.